The number of ether oxygens (including phenoxy) is 1. The van der Waals surface area contributed by atoms with Gasteiger partial charge in [-0.3, -0.25) is 9.20 Å². The fraction of sp³-hybridized carbons (Fsp3) is 0.217. The molecule has 3 heterocycles. The monoisotopic (exact) mass is 464 g/mol. The molecule has 1 saturated heterocycles. The zero-order chi connectivity index (χ0) is 22.1. The molecule has 32 heavy (non-hydrogen) atoms. The Kier molecular flexibility index (Phi) is 5.75. The predicted octanol–water partition coefficient (Wildman–Crippen LogP) is 4.11. The van der Waals surface area contributed by atoms with Crippen LogP contribution in [0.5, 0.6) is 0 Å². The maximum Gasteiger partial charge on any atom is 0.333 e. The topological polar surface area (TPSA) is 76.8 Å². The molecule has 0 N–H and O–H groups in total. The van der Waals surface area contributed by atoms with Gasteiger partial charge in [0.25, 0.3) is 0 Å². The van der Waals surface area contributed by atoms with Crippen LogP contribution in [0.1, 0.15) is 6.92 Å². The van der Waals surface area contributed by atoms with Crippen LogP contribution < -0.4 is 0 Å². The van der Waals surface area contributed by atoms with Crippen LogP contribution in [-0.4, -0.2) is 55.8 Å². The summed E-state index contributed by atoms with van der Waals surface area (Å²) < 4.78 is 7.07. The summed E-state index contributed by atoms with van der Waals surface area (Å²) in [6, 6.07) is 16.0. The molecule has 2 aromatic carbocycles. The molecular weight excluding hydrogens is 444 g/mol. The fourth-order valence-electron chi connectivity index (χ4n) is 3.69. The number of nitrogens with zero attached hydrogens (tertiary/aromatic N) is 4. The third kappa shape index (κ3) is 3.82. The highest BCUT2D eigenvalue weighted by molar-refractivity contribution is 8.04. The average molecular weight is 465 g/mol. The third-order valence-corrected chi connectivity index (χ3v) is 7.04. The Morgan fingerprint density at radius 3 is 2.78 bits per heavy atom. The second kappa shape index (κ2) is 8.84. The quantitative estimate of drug-likeness (QED) is 0.184. The number of amides is 1. The number of rotatable bonds is 6. The van der Waals surface area contributed by atoms with Crippen molar-refractivity contribution in [2.75, 3.05) is 24.7 Å². The number of esters is 1. The summed E-state index contributed by atoms with van der Waals surface area (Å²) in [6.45, 7) is 2.54. The Bertz CT molecular complexity index is 1380. The lowest BCUT2D eigenvalue weighted by atomic mass is 10.2. The van der Waals surface area contributed by atoms with Gasteiger partial charge in [0.1, 0.15) is 5.65 Å². The van der Waals surface area contributed by atoms with Gasteiger partial charge in [0, 0.05) is 17.7 Å². The Hall–Kier alpha value is -3.04. The number of para-hydroxylation sites is 3. The van der Waals surface area contributed by atoms with E-state index in [2.05, 4.69) is 4.40 Å². The first-order valence-corrected chi connectivity index (χ1v) is 12.2. The van der Waals surface area contributed by atoms with E-state index in [1.54, 1.807) is 23.6 Å². The van der Waals surface area contributed by atoms with E-state index in [-0.39, 0.29) is 5.91 Å². The summed E-state index contributed by atoms with van der Waals surface area (Å²) in [5.41, 5.74) is 3.67. The van der Waals surface area contributed by atoms with Gasteiger partial charge in [-0.1, -0.05) is 47.8 Å². The van der Waals surface area contributed by atoms with Crippen LogP contribution in [-0.2, 0) is 14.3 Å². The van der Waals surface area contributed by atoms with Gasteiger partial charge < -0.3 is 9.64 Å². The van der Waals surface area contributed by atoms with Gasteiger partial charge in [-0.15, -0.1) is 0 Å². The smallest absolute Gasteiger partial charge is 0.333 e. The Labute approximate surface area is 192 Å². The van der Waals surface area contributed by atoms with Crippen molar-refractivity contribution in [1.29, 1.82) is 0 Å². The molecule has 162 valence electrons. The van der Waals surface area contributed by atoms with Gasteiger partial charge in [0.05, 0.1) is 40.0 Å². The maximum absolute atomic E-state index is 12.4. The number of carbonyl (C=O) groups is 2. The van der Waals surface area contributed by atoms with Gasteiger partial charge >= 0.3 is 5.97 Å². The van der Waals surface area contributed by atoms with Crippen molar-refractivity contribution in [2.45, 2.75) is 12.1 Å². The van der Waals surface area contributed by atoms with Crippen LogP contribution >= 0.6 is 23.5 Å². The number of hydrogen-bond acceptors (Lipinski definition) is 7. The zero-order valence-corrected chi connectivity index (χ0v) is 19.0. The second-order valence-corrected chi connectivity index (χ2v) is 9.15. The molecule has 1 aliphatic rings. The first-order chi connectivity index (χ1) is 15.7. The summed E-state index contributed by atoms with van der Waals surface area (Å²) >= 11 is 2.93. The number of imidazole rings is 1. The molecule has 5 rings (SSSR count). The number of benzene rings is 2. The van der Waals surface area contributed by atoms with Crippen molar-refractivity contribution < 1.29 is 14.3 Å². The zero-order valence-electron chi connectivity index (χ0n) is 17.4. The highest BCUT2D eigenvalue weighted by atomic mass is 32.2. The molecule has 4 aromatic rings. The van der Waals surface area contributed by atoms with Crippen molar-refractivity contribution in [1.82, 2.24) is 19.3 Å². The molecule has 1 amide bonds. The van der Waals surface area contributed by atoms with Crippen molar-refractivity contribution in [2.24, 2.45) is 0 Å². The molecule has 0 spiro atoms. The van der Waals surface area contributed by atoms with E-state index in [4.69, 9.17) is 14.7 Å². The first-order valence-electron chi connectivity index (χ1n) is 10.3. The lowest BCUT2D eigenvalue weighted by Gasteiger charge is -2.17. The summed E-state index contributed by atoms with van der Waals surface area (Å²) in [6.07, 6.45) is 1.40. The van der Waals surface area contributed by atoms with Crippen molar-refractivity contribution in [3.8, 4) is 0 Å². The predicted molar refractivity (Wildman–Crippen MR) is 128 cm³/mol. The average Bonchev–Trinajstić information content (AvgIpc) is 3.35. The van der Waals surface area contributed by atoms with E-state index in [0.717, 1.165) is 32.7 Å². The van der Waals surface area contributed by atoms with Gasteiger partial charge in [-0.2, -0.15) is 0 Å². The molecule has 7 nitrogen and oxygen atoms in total. The molecule has 0 radical (unpaired) electrons. The van der Waals surface area contributed by atoms with Crippen molar-refractivity contribution in [3.05, 3.63) is 59.6 Å². The molecule has 0 unspecified atom stereocenters. The highest BCUT2D eigenvalue weighted by Gasteiger charge is 2.27. The summed E-state index contributed by atoms with van der Waals surface area (Å²) in [4.78, 5) is 35.6. The maximum atomic E-state index is 12.4. The molecule has 2 aromatic heterocycles. The van der Waals surface area contributed by atoms with Gasteiger partial charge in [0.15, 0.2) is 5.16 Å². The SMILES string of the molecule is CCOC(=O)/C=C1/SCC(=O)N1CCSc1nc2ccccc2c2nc3ccccc3n12. The summed E-state index contributed by atoms with van der Waals surface area (Å²) in [5.74, 6) is 0.529. The van der Waals surface area contributed by atoms with E-state index < -0.39 is 5.97 Å². The van der Waals surface area contributed by atoms with E-state index in [1.807, 2.05) is 48.5 Å². The number of carbonyl (C=O) groups excluding carboxylic acids is 2. The van der Waals surface area contributed by atoms with Crippen molar-refractivity contribution in [3.63, 3.8) is 0 Å². The fourth-order valence-corrected chi connectivity index (χ4v) is 5.58. The first kappa shape index (κ1) is 20.8. The minimum atomic E-state index is -0.426. The number of thioether (sulfide) groups is 2. The number of fused-ring (bicyclic) bond motifs is 5. The lowest BCUT2D eigenvalue weighted by Crippen LogP contribution is -2.27. The van der Waals surface area contributed by atoms with Crippen LogP contribution in [0.3, 0.4) is 0 Å². The van der Waals surface area contributed by atoms with Gasteiger partial charge in [-0.05, 0) is 31.2 Å². The molecule has 0 bridgehead atoms. The molecule has 0 saturated carbocycles. The van der Waals surface area contributed by atoms with Crippen LogP contribution in [0, 0.1) is 0 Å². The van der Waals surface area contributed by atoms with Crippen LogP contribution in [0.4, 0.5) is 0 Å². The number of hydrogen-bond donors (Lipinski definition) is 0. The summed E-state index contributed by atoms with van der Waals surface area (Å²) in [5, 5.41) is 2.46. The van der Waals surface area contributed by atoms with Gasteiger partial charge in [0.2, 0.25) is 5.91 Å². The van der Waals surface area contributed by atoms with Crippen LogP contribution in [0.2, 0.25) is 0 Å². The normalized spacial score (nSPS) is 15.5. The molecule has 1 aliphatic heterocycles. The largest absolute Gasteiger partial charge is 0.463 e. The summed E-state index contributed by atoms with van der Waals surface area (Å²) in [7, 11) is 0. The van der Waals surface area contributed by atoms with E-state index in [1.165, 1.54) is 17.8 Å². The highest BCUT2D eigenvalue weighted by Crippen LogP contribution is 2.31. The molecule has 0 aliphatic carbocycles. The standard InChI is InChI=1S/C23H20N4O3S2/c1-2-30-21(29)13-20-26(19(28)14-32-20)11-12-31-23-25-16-8-4-3-7-15(16)22-24-17-9-5-6-10-18(17)27(22)23/h3-10,13H,2,11-12,14H2,1H3/b20-13+. The molecule has 1 fully saturated rings. The molecular formula is C23H20N4O3S2. The second-order valence-electron chi connectivity index (χ2n) is 7.09. The lowest BCUT2D eigenvalue weighted by molar-refractivity contribution is -0.137. The molecule has 0 atom stereocenters. The Morgan fingerprint density at radius 2 is 1.94 bits per heavy atom. The Balaban J connectivity index is 1.45. The Morgan fingerprint density at radius 1 is 1.16 bits per heavy atom. The molecule has 9 heteroatoms. The van der Waals surface area contributed by atoms with Gasteiger partial charge in [-0.25, -0.2) is 14.8 Å². The van der Waals surface area contributed by atoms with Crippen LogP contribution in [0.15, 0.2) is 64.8 Å². The van der Waals surface area contributed by atoms with E-state index in [0.29, 0.717) is 29.7 Å². The van der Waals surface area contributed by atoms with Crippen molar-refractivity contribution >= 4 is 63.0 Å². The minimum absolute atomic E-state index is 0.00385. The van der Waals surface area contributed by atoms with Crippen LogP contribution in [0.25, 0.3) is 27.6 Å². The van der Waals surface area contributed by atoms with E-state index >= 15 is 0 Å². The number of aromatic nitrogens is 3. The van der Waals surface area contributed by atoms with E-state index in [9.17, 15) is 9.59 Å². The third-order valence-electron chi connectivity index (χ3n) is 5.10. The minimum Gasteiger partial charge on any atom is -0.463 e.